The van der Waals surface area contributed by atoms with Crippen LogP contribution in [-0.2, 0) is 7.05 Å². The number of aliphatic imine (C=N–C) groups is 1. The molecule has 0 saturated carbocycles. The number of thioether (sulfide) groups is 1. The molecule has 0 spiro atoms. The van der Waals surface area contributed by atoms with E-state index < -0.39 is 4.92 Å². The third kappa shape index (κ3) is 2.90. The fraction of sp³-hybridized carbons (Fsp3) is 0.267. The Labute approximate surface area is 141 Å². The number of non-ortho nitro benzene ring substituents is 1. The van der Waals surface area contributed by atoms with Gasteiger partial charge in [-0.3, -0.25) is 19.5 Å². The number of fused-ring (bicyclic) bond motifs is 1. The van der Waals surface area contributed by atoms with Crippen LogP contribution >= 0.6 is 11.8 Å². The minimum absolute atomic E-state index is 0.0219. The number of anilines is 1. The maximum Gasteiger partial charge on any atom is 0.282 e. The van der Waals surface area contributed by atoms with E-state index in [1.54, 1.807) is 19.2 Å². The summed E-state index contributed by atoms with van der Waals surface area (Å²) in [6.07, 6.45) is 2.45. The molecule has 0 amide bonds. The van der Waals surface area contributed by atoms with Gasteiger partial charge in [-0.05, 0) is 24.0 Å². The first-order valence-electron chi connectivity index (χ1n) is 7.22. The van der Waals surface area contributed by atoms with Crippen LogP contribution in [-0.4, -0.2) is 33.0 Å². The zero-order valence-electron chi connectivity index (χ0n) is 13.1. The molecule has 1 aliphatic heterocycles. The molecule has 1 aliphatic rings. The Morgan fingerprint density at radius 1 is 1.33 bits per heavy atom. The van der Waals surface area contributed by atoms with E-state index >= 15 is 0 Å². The second kappa shape index (κ2) is 6.44. The highest BCUT2D eigenvalue weighted by atomic mass is 32.2. The third-order valence-corrected chi connectivity index (χ3v) is 4.45. The number of aromatic nitrogens is 2. The van der Waals surface area contributed by atoms with Crippen LogP contribution in [0.15, 0.2) is 39.2 Å². The first kappa shape index (κ1) is 16.2. The molecule has 24 heavy (non-hydrogen) atoms. The summed E-state index contributed by atoms with van der Waals surface area (Å²) in [6.45, 7) is 0.580. The van der Waals surface area contributed by atoms with Crippen molar-refractivity contribution in [2.75, 3.05) is 18.1 Å². The van der Waals surface area contributed by atoms with E-state index in [-0.39, 0.29) is 16.9 Å². The van der Waals surface area contributed by atoms with Crippen molar-refractivity contribution in [1.29, 1.82) is 0 Å². The molecular weight excluding hydrogens is 330 g/mol. The summed E-state index contributed by atoms with van der Waals surface area (Å²) >= 11 is 1.39. The summed E-state index contributed by atoms with van der Waals surface area (Å²) in [5, 5.41) is 14.5. The van der Waals surface area contributed by atoms with E-state index in [0.29, 0.717) is 29.7 Å². The molecule has 0 bridgehead atoms. The number of rotatable bonds is 3. The molecule has 9 heteroatoms. The molecule has 2 heterocycles. The average molecular weight is 345 g/mol. The van der Waals surface area contributed by atoms with Gasteiger partial charge >= 0.3 is 0 Å². The predicted octanol–water partition coefficient (Wildman–Crippen LogP) is 2.35. The lowest BCUT2D eigenvalue weighted by molar-refractivity contribution is -0.384. The molecule has 0 atom stereocenters. The van der Waals surface area contributed by atoms with Crippen molar-refractivity contribution >= 4 is 34.7 Å². The van der Waals surface area contributed by atoms with Crippen LogP contribution in [0.1, 0.15) is 12.0 Å². The van der Waals surface area contributed by atoms with Gasteiger partial charge in [0.05, 0.1) is 10.6 Å². The largest absolute Gasteiger partial charge is 0.368 e. The van der Waals surface area contributed by atoms with Crippen LogP contribution < -0.4 is 10.9 Å². The van der Waals surface area contributed by atoms with Gasteiger partial charge in [-0.1, -0.05) is 11.8 Å². The maximum absolute atomic E-state index is 12.5. The lowest BCUT2D eigenvalue weighted by Crippen LogP contribution is -2.21. The van der Waals surface area contributed by atoms with Gasteiger partial charge in [-0.15, -0.1) is 0 Å². The van der Waals surface area contributed by atoms with E-state index in [1.165, 1.54) is 28.5 Å². The van der Waals surface area contributed by atoms with Gasteiger partial charge < -0.3 is 5.32 Å². The van der Waals surface area contributed by atoms with Gasteiger partial charge in [0.15, 0.2) is 16.7 Å². The topological polar surface area (TPSA) is 102 Å². The van der Waals surface area contributed by atoms with Crippen molar-refractivity contribution in [3.05, 3.63) is 50.3 Å². The maximum atomic E-state index is 12.5. The summed E-state index contributed by atoms with van der Waals surface area (Å²) < 4.78 is 1.47. The molecule has 1 N–H and O–H groups in total. The highest BCUT2D eigenvalue weighted by Gasteiger charge is 2.19. The fourth-order valence-corrected chi connectivity index (χ4v) is 2.99. The summed E-state index contributed by atoms with van der Waals surface area (Å²) in [5.41, 5.74) is 1.52. The first-order valence-corrected chi connectivity index (χ1v) is 8.45. The van der Waals surface area contributed by atoms with Crippen molar-refractivity contribution in [3.8, 4) is 0 Å². The molecule has 2 aromatic rings. The first-order chi connectivity index (χ1) is 11.5. The number of hydrogen-bond donors (Lipinski definition) is 1. The van der Waals surface area contributed by atoms with Gasteiger partial charge in [-0.25, -0.2) is 9.98 Å². The van der Waals surface area contributed by atoms with Gasteiger partial charge in [0.25, 0.3) is 11.2 Å². The molecule has 8 nitrogen and oxygen atoms in total. The fourth-order valence-electron chi connectivity index (χ4n) is 2.45. The van der Waals surface area contributed by atoms with Gasteiger partial charge in [0, 0.05) is 32.1 Å². The van der Waals surface area contributed by atoms with Crippen molar-refractivity contribution in [3.63, 3.8) is 0 Å². The Balaban J connectivity index is 2.08. The van der Waals surface area contributed by atoms with E-state index in [2.05, 4.69) is 15.3 Å². The minimum atomic E-state index is -0.445. The second-order valence-electron chi connectivity index (χ2n) is 5.20. The molecular formula is C15H15N5O3S. The number of nitrogens with one attached hydrogen (secondary N) is 1. The molecule has 0 unspecified atom stereocenters. The van der Waals surface area contributed by atoms with Crippen LogP contribution in [0.5, 0.6) is 0 Å². The van der Waals surface area contributed by atoms with Crippen LogP contribution in [0.25, 0.3) is 0 Å². The van der Waals surface area contributed by atoms with E-state index in [4.69, 9.17) is 0 Å². The SMILES string of the molecule is CSc1nc2c(c(=O)n1C)N=C(c1ccc([N+](=O)[O-])cc1)CCN2. The van der Waals surface area contributed by atoms with E-state index in [1.807, 2.05) is 6.26 Å². The lowest BCUT2D eigenvalue weighted by Gasteiger charge is -2.09. The normalized spacial score (nSPS) is 13.5. The zero-order chi connectivity index (χ0) is 17.3. The van der Waals surface area contributed by atoms with Crippen molar-refractivity contribution in [2.45, 2.75) is 11.6 Å². The number of nitro groups is 1. The van der Waals surface area contributed by atoms with Gasteiger partial charge in [0.2, 0.25) is 0 Å². The molecule has 1 aromatic carbocycles. The van der Waals surface area contributed by atoms with Crippen LogP contribution in [0, 0.1) is 10.1 Å². The van der Waals surface area contributed by atoms with Crippen LogP contribution in [0.2, 0.25) is 0 Å². The number of nitro benzene ring substituents is 1. The van der Waals surface area contributed by atoms with Crippen LogP contribution in [0.4, 0.5) is 17.2 Å². The monoisotopic (exact) mass is 345 g/mol. The Morgan fingerprint density at radius 3 is 2.67 bits per heavy atom. The number of benzene rings is 1. The molecule has 1 aromatic heterocycles. The standard InChI is InChI=1S/C15H15N5O3S/c1-19-14(21)12-13(18-15(19)24-2)16-8-7-11(17-12)9-3-5-10(6-4-9)20(22)23/h3-6,16H,7-8H2,1-2H3. The Bertz CT molecular complexity index is 889. The van der Waals surface area contributed by atoms with E-state index in [9.17, 15) is 14.9 Å². The summed E-state index contributed by atoms with van der Waals surface area (Å²) in [6, 6.07) is 6.17. The number of hydrogen-bond acceptors (Lipinski definition) is 7. The molecule has 124 valence electrons. The molecule has 0 aliphatic carbocycles. The average Bonchev–Trinajstić information content (AvgIpc) is 2.80. The Kier molecular flexibility index (Phi) is 4.34. The van der Waals surface area contributed by atoms with Gasteiger partial charge in [-0.2, -0.15) is 0 Å². The Hall–Kier alpha value is -2.68. The summed E-state index contributed by atoms with van der Waals surface area (Å²) in [5.74, 6) is 0.472. The highest BCUT2D eigenvalue weighted by Crippen LogP contribution is 2.26. The third-order valence-electron chi connectivity index (χ3n) is 3.72. The number of nitrogens with zero attached hydrogens (tertiary/aromatic N) is 4. The molecule has 0 fully saturated rings. The summed E-state index contributed by atoms with van der Waals surface area (Å²) in [4.78, 5) is 31.8. The van der Waals surface area contributed by atoms with E-state index in [0.717, 1.165) is 5.56 Å². The Morgan fingerprint density at radius 2 is 2.04 bits per heavy atom. The minimum Gasteiger partial charge on any atom is -0.368 e. The smallest absolute Gasteiger partial charge is 0.282 e. The summed E-state index contributed by atoms with van der Waals surface area (Å²) in [7, 11) is 1.66. The second-order valence-corrected chi connectivity index (χ2v) is 5.97. The molecule has 3 rings (SSSR count). The van der Waals surface area contributed by atoms with Crippen molar-refractivity contribution < 1.29 is 4.92 Å². The highest BCUT2D eigenvalue weighted by molar-refractivity contribution is 7.98. The molecule has 0 radical (unpaired) electrons. The molecule has 0 saturated heterocycles. The predicted molar refractivity (Wildman–Crippen MR) is 93.7 cm³/mol. The van der Waals surface area contributed by atoms with Crippen LogP contribution in [0.3, 0.4) is 0 Å². The van der Waals surface area contributed by atoms with Gasteiger partial charge in [0.1, 0.15) is 0 Å². The van der Waals surface area contributed by atoms with Crippen molar-refractivity contribution in [2.24, 2.45) is 12.0 Å². The quantitative estimate of drug-likeness (QED) is 0.396. The zero-order valence-corrected chi connectivity index (χ0v) is 14.0. The lowest BCUT2D eigenvalue weighted by atomic mass is 10.1. The van der Waals surface area contributed by atoms with Crippen molar-refractivity contribution in [1.82, 2.24) is 9.55 Å².